The molecule has 0 amide bonds. The normalized spacial score (nSPS) is 14.8. The zero-order valence-electron chi connectivity index (χ0n) is 8.02. The first-order chi connectivity index (χ1) is 7.44. The molecule has 88 valence electrons. The number of nitrogens with one attached hydrogen (secondary N) is 2. The Kier molecular flexibility index (Phi) is 3.60. The first kappa shape index (κ1) is 12.2. The van der Waals surface area contributed by atoms with E-state index in [4.69, 9.17) is 5.26 Å². The van der Waals surface area contributed by atoms with Gasteiger partial charge in [-0.1, -0.05) is 0 Å². The largest absolute Gasteiger partial charge is 0.452 e. The Morgan fingerprint density at radius 2 is 2.00 bits per heavy atom. The van der Waals surface area contributed by atoms with Crippen molar-refractivity contribution in [3.05, 3.63) is 11.4 Å². The minimum atomic E-state index is -4.60. The van der Waals surface area contributed by atoms with E-state index in [0.717, 1.165) is 0 Å². The van der Waals surface area contributed by atoms with Gasteiger partial charge in [0.05, 0.1) is 0 Å². The highest BCUT2D eigenvalue weighted by Gasteiger charge is 2.31. The van der Waals surface area contributed by atoms with Gasteiger partial charge in [0.25, 0.3) is 0 Å². The van der Waals surface area contributed by atoms with Crippen LogP contribution in [0.15, 0.2) is 11.4 Å². The van der Waals surface area contributed by atoms with Crippen LogP contribution in [0.5, 0.6) is 0 Å². The molecule has 0 unspecified atom stereocenters. The summed E-state index contributed by atoms with van der Waals surface area (Å²) in [5.74, 6) is -1.19. The second-order valence-electron chi connectivity index (χ2n) is 2.91. The van der Waals surface area contributed by atoms with Gasteiger partial charge in [-0.3, -0.25) is 0 Å². The minimum Gasteiger partial charge on any atom is -0.452 e. The molecule has 0 bridgehead atoms. The minimum absolute atomic E-state index is 0.106. The average molecular weight is 235 g/mol. The molecule has 0 aromatic heterocycles. The van der Waals surface area contributed by atoms with Crippen molar-refractivity contribution in [1.82, 2.24) is 10.6 Å². The van der Waals surface area contributed by atoms with Gasteiger partial charge in [0.15, 0.2) is 12.2 Å². The summed E-state index contributed by atoms with van der Waals surface area (Å²) in [5, 5.41) is 13.9. The van der Waals surface area contributed by atoms with E-state index in [2.05, 4.69) is 15.4 Å². The van der Waals surface area contributed by atoms with Crippen LogP contribution in [0.1, 0.15) is 0 Å². The average Bonchev–Trinajstić information content (AvgIpc) is 2.68. The van der Waals surface area contributed by atoms with Crippen molar-refractivity contribution in [2.45, 2.75) is 6.18 Å². The molecule has 8 heteroatoms. The fraction of sp³-hybridized carbons (Fsp3) is 0.500. The molecular formula is C8H8F3N3O2. The highest BCUT2D eigenvalue weighted by atomic mass is 19.4. The first-order valence-electron chi connectivity index (χ1n) is 4.30. The van der Waals surface area contributed by atoms with Crippen molar-refractivity contribution in [1.29, 1.82) is 5.26 Å². The highest BCUT2D eigenvalue weighted by Crippen LogP contribution is 2.15. The molecule has 0 aromatic rings. The zero-order valence-corrected chi connectivity index (χ0v) is 8.02. The summed E-state index contributed by atoms with van der Waals surface area (Å²) in [7, 11) is 0. The van der Waals surface area contributed by atoms with E-state index in [9.17, 15) is 18.0 Å². The molecule has 0 aromatic carbocycles. The van der Waals surface area contributed by atoms with Crippen molar-refractivity contribution in [2.24, 2.45) is 0 Å². The first-order valence-corrected chi connectivity index (χ1v) is 4.30. The second kappa shape index (κ2) is 4.74. The Bertz CT molecular complexity index is 349. The lowest BCUT2D eigenvalue weighted by molar-refractivity contribution is -0.183. The van der Waals surface area contributed by atoms with Gasteiger partial charge < -0.3 is 15.4 Å². The molecule has 1 rings (SSSR count). The summed E-state index contributed by atoms with van der Waals surface area (Å²) >= 11 is 0. The van der Waals surface area contributed by atoms with E-state index >= 15 is 0 Å². The molecular weight excluding hydrogens is 227 g/mol. The Morgan fingerprint density at radius 3 is 2.44 bits per heavy atom. The van der Waals surface area contributed by atoms with E-state index in [1.807, 2.05) is 0 Å². The summed E-state index contributed by atoms with van der Waals surface area (Å²) in [6.45, 7) is -0.718. The molecule has 16 heavy (non-hydrogen) atoms. The standard InChI is InChI=1S/C8H8F3N3O2/c9-8(10,11)4-16-7(15)5(3-12)6-13-1-2-14-6/h13-14H,1-2,4H2. The van der Waals surface area contributed by atoms with Crippen molar-refractivity contribution in [3.63, 3.8) is 0 Å². The lowest BCUT2D eigenvalue weighted by atomic mass is 10.3. The summed E-state index contributed by atoms with van der Waals surface area (Å²) in [6.07, 6.45) is -4.60. The van der Waals surface area contributed by atoms with Crippen molar-refractivity contribution in [3.8, 4) is 6.07 Å². The summed E-state index contributed by atoms with van der Waals surface area (Å²) < 4.78 is 39.2. The van der Waals surface area contributed by atoms with Crippen molar-refractivity contribution in [2.75, 3.05) is 19.7 Å². The van der Waals surface area contributed by atoms with Gasteiger partial charge >= 0.3 is 12.1 Å². The molecule has 1 aliphatic heterocycles. The molecule has 0 aliphatic carbocycles. The smallest absolute Gasteiger partial charge is 0.422 e. The molecule has 1 heterocycles. The fourth-order valence-electron chi connectivity index (χ4n) is 1.04. The molecule has 1 aliphatic rings. The maximum Gasteiger partial charge on any atom is 0.422 e. The third-order valence-corrected chi connectivity index (χ3v) is 1.66. The fourth-order valence-corrected chi connectivity index (χ4v) is 1.04. The Balaban J connectivity index is 2.65. The topological polar surface area (TPSA) is 74.2 Å². The molecule has 2 N–H and O–H groups in total. The molecule has 5 nitrogen and oxygen atoms in total. The zero-order chi connectivity index (χ0) is 12.2. The Hall–Kier alpha value is -1.91. The van der Waals surface area contributed by atoms with Gasteiger partial charge in [0, 0.05) is 13.1 Å². The number of hydrogen-bond donors (Lipinski definition) is 2. The summed E-state index contributed by atoms with van der Waals surface area (Å²) in [6, 6.07) is 1.49. The number of rotatable bonds is 2. The Labute approximate surface area is 88.9 Å². The van der Waals surface area contributed by atoms with E-state index < -0.39 is 24.3 Å². The Morgan fingerprint density at radius 1 is 1.44 bits per heavy atom. The maximum atomic E-state index is 11.8. The van der Waals surface area contributed by atoms with Gasteiger partial charge in [0.2, 0.25) is 0 Å². The van der Waals surface area contributed by atoms with Crippen LogP contribution < -0.4 is 10.6 Å². The van der Waals surface area contributed by atoms with Gasteiger partial charge in [-0.25, -0.2) is 4.79 Å². The molecule has 0 atom stereocenters. The second-order valence-corrected chi connectivity index (χ2v) is 2.91. The predicted molar refractivity (Wildman–Crippen MR) is 45.7 cm³/mol. The highest BCUT2D eigenvalue weighted by molar-refractivity contribution is 5.93. The van der Waals surface area contributed by atoms with Crippen LogP contribution in [0.4, 0.5) is 13.2 Å². The van der Waals surface area contributed by atoms with Crippen LogP contribution in [0.25, 0.3) is 0 Å². The third-order valence-electron chi connectivity index (χ3n) is 1.66. The number of ether oxygens (including phenoxy) is 1. The monoisotopic (exact) mass is 235 g/mol. The van der Waals surface area contributed by atoms with Crippen molar-refractivity contribution < 1.29 is 22.7 Å². The number of esters is 1. The van der Waals surface area contributed by atoms with E-state index in [1.165, 1.54) is 6.07 Å². The molecule has 0 saturated carbocycles. The van der Waals surface area contributed by atoms with E-state index in [-0.39, 0.29) is 5.82 Å². The molecule has 1 fully saturated rings. The number of nitriles is 1. The molecule has 1 saturated heterocycles. The maximum absolute atomic E-state index is 11.8. The number of alkyl halides is 3. The van der Waals surface area contributed by atoms with Gasteiger partial charge in [-0.2, -0.15) is 18.4 Å². The van der Waals surface area contributed by atoms with Gasteiger partial charge in [-0.05, 0) is 0 Å². The number of nitrogens with zero attached hydrogens (tertiary/aromatic N) is 1. The predicted octanol–water partition coefficient (Wildman–Crippen LogP) is 0.0199. The SMILES string of the molecule is N#CC(C(=O)OCC(F)(F)F)=C1NCCN1. The van der Waals surface area contributed by atoms with Gasteiger partial charge in [-0.15, -0.1) is 0 Å². The van der Waals surface area contributed by atoms with E-state index in [1.54, 1.807) is 0 Å². The van der Waals surface area contributed by atoms with Crippen LogP contribution in [-0.2, 0) is 9.53 Å². The number of halogens is 3. The van der Waals surface area contributed by atoms with Crippen LogP contribution in [0.3, 0.4) is 0 Å². The number of carbonyl (C=O) groups is 1. The molecule has 0 radical (unpaired) electrons. The number of carbonyl (C=O) groups excluding carboxylic acids is 1. The van der Waals surface area contributed by atoms with Crippen LogP contribution >= 0.6 is 0 Å². The van der Waals surface area contributed by atoms with Crippen LogP contribution in [-0.4, -0.2) is 31.8 Å². The van der Waals surface area contributed by atoms with Gasteiger partial charge in [0.1, 0.15) is 11.9 Å². The number of hydrogen-bond acceptors (Lipinski definition) is 5. The quantitative estimate of drug-likeness (QED) is 0.401. The van der Waals surface area contributed by atoms with Crippen LogP contribution in [0.2, 0.25) is 0 Å². The lowest BCUT2D eigenvalue weighted by Crippen LogP contribution is -2.24. The lowest BCUT2D eigenvalue weighted by Gasteiger charge is -2.08. The van der Waals surface area contributed by atoms with E-state index in [0.29, 0.717) is 13.1 Å². The van der Waals surface area contributed by atoms with Crippen molar-refractivity contribution >= 4 is 5.97 Å². The van der Waals surface area contributed by atoms with Crippen LogP contribution in [0, 0.1) is 11.3 Å². The summed E-state index contributed by atoms with van der Waals surface area (Å²) in [5.41, 5.74) is -0.484. The third kappa shape index (κ3) is 3.34. The summed E-state index contributed by atoms with van der Waals surface area (Å²) in [4.78, 5) is 11.1. The molecule has 0 spiro atoms.